The number of hydrogen-bond donors (Lipinski definition) is 0. The summed E-state index contributed by atoms with van der Waals surface area (Å²) in [6.45, 7) is 8.94. The van der Waals surface area contributed by atoms with Crippen molar-refractivity contribution in [2.45, 2.75) is 45.9 Å². The summed E-state index contributed by atoms with van der Waals surface area (Å²) in [7, 11) is 0. The molecule has 0 heterocycles. The van der Waals surface area contributed by atoms with E-state index >= 15 is 0 Å². The quantitative estimate of drug-likeness (QED) is 0.583. The Hall–Kier alpha value is -0.750. The molecule has 18 heavy (non-hydrogen) atoms. The lowest BCUT2D eigenvalue weighted by molar-refractivity contribution is 0.255. The Balaban J connectivity index is 2.24. The van der Waals surface area contributed by atoms with Gasteiger partial charge in [0, 0.05) is 10.8 Å². The second-order valence-corrected chi connectivity index (χ2v) is 6.91. The third kappa shape index (κ3) is 2.49. The molecule has 0 saturated heterocycles. The molecule has 2 atom stereocenters. The van der Waals surface area contributed by atoms with Crippen molar-refractivity contribution in [1.82, 2.24) is 0 Å². The van der Waals surface area contributed by atoms with Crippen molar-refractivity contribution in [2.24, 2.45) is 10.8 Å². The molecule has 0 nitrogen and oxygen atoms in total. The SMILES string of the molecule is CC1=CC=CC(C)(C(Cl)C2(C)C=CC=C(C)C2)C1. The number of hydrogen-bond acceptors (Lipinski definition) is 0. The fraction of sp³-hybridized carbons (Fsp3) is 0.529. The first-order chi connectivity index (χ1) is 8.36. The Morgan fingerprint density at radius 2 is 1.33 bits per heavy atom. The van der Waals surface area contributed by atoms with E-state index < -0.39 is 0 Å². The molecule has 2 aliphatic rings. The Morgan fingerprint density at radius 1 is 0.944 bits per heavy atom. The summed E-state index contributed by atoms with van der Waals surface area (Å²) in [5.74, 6) is 0. The molecule has 0 fully saturated rings. The minimum absolute atomic E-state index is 0.0527. The van der Waals surface area contributed by atoms with E-state index in [2.05, 4.69) is 64.2 Å². The molecule has 2 unspecified atom stereocenters. The Labute approximate surface area is 116 Å². The molecular weight excluding hydrogens is 240 g/mol. The van der Waals surface area contributed by atoms with Gasteiger partial charge in [0.15, 0.2) is 0 Å². The van der Waals surface area contributed by atoms with Crippen LogP contribution in [-0.2, 0) is 0 Å². The van der Waals surface area contributed by atoms with Crippen molar-refractivity contribution in [1.29, 1.82) is 0 Å². The van der Waals surface area contributed by atoms with Crippen LogP contribution in [0.25, 0.3) is 0 Å². The predicted octanol–water partition coefficient (Wildman–Crippen LogP) is 5.42. The second-order valence-electron chi connectivity index (χ2n) is 6.47. The largest absolute Gasteiger partial charge is 0.121 e. The maximum Gasteiger partial charge on any atom is 0.0518 e. The van der Waals surface area contributed by atoms with Gasteiger partial charge in [0.05, 0.1) is 5.38 Å². The maximum atomic E-state index is 6.89. The normalized spacial score (nSPS) is 37.2. The zero-order valence-corrected chi connectivity index (χ0v) is 12.6. The molecule has 0 saturated carbocycles. The van der Waals surface area contributed by atoms with Crippen LogP contribution >= 0.6 is 11.6 Å². The van der Waals surface area contributed by atoms with E-state index in [0.717, 1.165) is 12.8 Å². The van der Waals surface area contributed by atoms with Crippen LogP contribution < -0.4 is 0 Å². The Morgan fingerprint density at radius 3 is 1.67 bits per heavy atom. The maximum absolute atomic E-state index is 6.89. The summed E-state index contributed by atoms with van der Waals surface area (Å²) < 4.78 is 0. The summed E-state index contributed by atoms with van der Waals surface area (Å²) in [4.78, 5) is 0. The number of rotatable bonds is 2. The molecule has 2 aliphatic carbocycles. The molecule has 0 amide bonds. The zero-order chi connectivity index (χ0) is 13.4. The molecule has 0 aromatic heterocycles. The first kappa shape index (κ1) is 13.7. The van der Waals surface area contributed by atoms with E-state index in [-0.39, 0.29) is 16.2 Å². The summed E-state index contributed by atoms with van der Waals surface area (Å²) in [5.41, 5.74) is 2.94. The topological polar surface area (TPSA) is 0 Å². The monoisotopic (exact) mass is 262 g/mol. The summed E-state index contributed by atoms with van der Waals surface area (Å²) >= 11 is 6.89. The van der Waals surface area contributed by atoms with Crippen molar-refractivity contribution in [3.63, 3.8) is 0 Å². The molecular formula is C17H23Cl. The van der Waals surface area contributed by atoms with Crippen molar-refractivity contribution in [3.8, 4) is 0 Å². The zero-order valence-electron chi connectivity index (χ0n) is 11.8. The van der Waals surface area contributed by atoms with Crippen LogP contribution in [0.2, 0.25) is 0 Å². The number of allylic oxidation sites excluding steroid dienone is 8. The van der Waals surface area contributed by atoms with Gasteiger partial charge in [-0.15, -0.1) is 11.6 Å². The lowest BCUT2D eigenvalue weighted by Gasteiger charge is -2.44. The van der Waals surface area contributed by atoms with E-state index in [1.165, 1.54) is 11.1 Å². The van der Waals surface area contributed by atoms with Gasteiger partial charge in [-0.25, -0.2) is 0 Å². The number of alkyl halides is 1. The highest BCUT2D eigenvalue weighted by Gasteiger charge is 2.43. The van der Waals surface area contributed by atoms with Crippen molar-refractivity contribution < 1.29 is 0 Å². The minimum Gasteiger partial charge on any atom is -0.121 e. The van der Waals surface area contributed by atoms with Crippen LogP contribution in [0.1, 0.15) is 40.5 Å². The summed E-state index contributed by atoms with van der Waals surface area (Å²) in [6, 6.07) is 0. The molecule has 98 valence electrons. The van der Waals surface area contributed by atoms with Crippen LogP contribution in [0, 0.1) is 10.8 Å². The molecule has 0 N–H and O–H groups in total. The van der Waals surface area contributed by atoms with Crippen LogP contribution in [0.3, 0.4) is 0 Å². The lowest BCUT2D eigenvalue weighted by atomic mass is 9.65. The fourth-order valence-electron chi connectivity index (χ4n) is 3.40. The standard InChI is InChI=1S/C17H23Cl/c1-13-7-5-9-16(3,11-13)15(18)17(4)10-6-8-14(2)12-17/h5-10,15H,11-12H2,1-4H3. The van der Waals surface area contributed by atoms with Crippen molar-refractivity contribution in [3.05, 3.63) is 47.6 Å². The highest BCUT2D eigenvalue weighted by Crippen LogP contribution is 2.49. The minimum atomic E-state index is 0.0527. The van der Waals surface area contributed by atoms with E-state index in [0.29, 0.717) is 0 Å². The van der Waals surface area contributed by atoms with Crippen LogP contribution in [0.4, 0.5) is 0 Å². The molecule has 0 aliphatic heterocycles. The highest BCUT2D eigenvalue weighted by atomic mass is 35.5. The van der Waals surface area contributed by atoms with Gasteiger partial charge >= 0.3 is 0 Å². The third-order valence-electron chi connectivity index (χ3n) is 4.19. The van der Waals surface area contributed by atoms with Crippen LogP contribution in [0.15, 0.2) is 47.6 Å². The first-order valence-electron chi connectivity index (χ1n) is 6.70. The highest BCUT2D eigenvalue weighted by molar-refractivity contribution is 6.22. The average molecular weight is 263 g/mol. The summed E-state index contributed by atoms with van der Waals surface area (Å²) in [5, 5.41) is 0.116. The molecule has 2 rings (SSSR count). The van der Waals surface area contributed by atoms with Gasteiger partial charge in [0.2, 0.25) is 0 Å². The van der Waals surface area contributed by atoms with Gasteiger partial charge in [-0.3, -0.25) is 0 Å². The first-order valence-corrected chi connectivity index (χ1v) is 7.13. The molecule has 1 heteroatoms. The van der Waals surface area contributed by atoms with Gasteiger partial charge in [-0.05, 0) is 26.7 Å². The number of halogens is 1. The molecule has 0 bridgehead atoms. The van der Waals surface area contributed by atoms with Crippen LogP contribution in [-0.4, -0.2) is 5.38 Å². The average Bonchev–Trinajstić information content (AvgIpc) is 2.27. The van der Waals surface area contributed by atoms with Crippen LogP contribution in [0.5, 0.6) is 0 Å². The van der Waals surface area contributed by atoms with Crippen molar-refractivity contribution in [2.75, 3.05) is 0 Å². The van der Waals surface area contributed by atoms with Crippen molar-refractivity contribution >= 4 is 11.6 Å². The van der Waals surface area contributed by atoms with E-state index in [4.69, 9.17) is 11.6 Å². The van der Waals surface area contributed by atoms with Gasteiger partial charge in [0.25, 0.3) is 0 Å². The smallest absolute Gasteiger partial charge is 0.0518 e. The molecule has 0 aromatic carbocycles. The Kier molecular flexibility index (Phi) is 3.60. The van der Waals surface area contributed by atoms with Gasteiger partial charge in [0.1, 0.15) is 0 Å². The van der Waals surface area contributed by atoms with Gasteiger partial charge in [-0.1, -0.05) is 61.4 Å². The molecule has 0 radical (unpaired) electrons. The Bertz CT molecular complexity index is 410. The lowest BCUT2D eigenvalue weighted by Crippen LogP contribution is -2.40. The van der Waals surface area contributed by atoms with Gasteiger partial charge in [-0.2, -0.15) is 0 Å². The fourth-order valence-corrected chi connectivity index (χ4v) is 3.70. The van der Waals surface area contributed by atoms with Gasteiger partial charge < -0.3 is 0 Å². The second kappa shape index (κ2) is 4.74. The molecule has 0 spiro atoms. The van der Waals surface area contributed by atoms with E-state index in [9.17, 15) is 0 Å². The predicted molar refractivity (Wildman–Crippen MR) is 80.9 cm³/mol. The molecule has 0 aromatic rings. The third-order valence-corrected chi connectivity index (χ3v) is 5.19. The van der Waals surface area contributed by atoms with E-state index in [1.807, 2.05) is 0 Å². The summed E-state index contributed by atoms with van der Waals surface area (Å²) in [6.07, 6.45) is 15.4. The van der Waals surface area contributed by atoms with E-state index in [1.54, 1.807) is 0 Å².